The summed E-state index contributed by atoms with van der Waals surface area (Å²) < 4.78 is 0. The number of benzene rings is 1. The van der Waals surface area contributed by atoms with E-state index in [4.69, 9.17) is 0 Å². The molecule has 0 aliphatic heterocycles. The van der Waals surface area contributed by atoms with Crippen molar-refractivity contribution in [2.75, 3.05) is 27.2 Å². The van der Waals surface area contributed by atoms with E-state index in [0.29, 0.717) is 6.04 Å². The van der Waals surface area contributed by atoms with Gasteiger partial charge in [-0.3, -0.25) is 0 Å². The molecule has 0 radical (unpaired) electrons. The van der Waals surface area contributed by atoms with Crippen molar-refractivity contribution in [3.8, 4) is 0 Å². The lowest BCUT2D eigenvalue weighted by atomic mass is 9.99. The van der Waals surface area contributed by atoms with Crippen molar-refractivity contribution in [1.82, 2.24) is 10.2 Å². The Balaban J connectivity index is 1.83. The van der Waals surface area contributed by atoms with Gasteiger partial charge < -0.3 is 15.3 Å². The van der Waals surface area contributed by atoms with Crippen LogP contribution in [0.15, 0.2) is 30.3 Å². The standard InChI is InChI=1S/C16H26N2O/c1-17-16(13-19)10-8-15(12-16)18(2)11-9-14-6-4-3-5-7-14/h3-7,15,17,19H,8-13H2,1-2H3. The third kappa shape index (κ3) is 3.56. The maximum absolute atomic E-state index is 9.54. The number of aliphatic hydroxyl groups excluding tert-OH is 1. The highest BCUT2D eigenvalue weighted by Crippen LogP contribution is 2.32. The van der Waals surface area contributed by atoms with Crippen molar-refractivity contribution in [3.05, 3.63) is 35.9 Å². The van der Waals surface area contributed by atoms with E-state index in [1.165, 1.54) is 12.0 Å². The molecule has 0 aromatic heterocycles. The van der Waals surface area contributed by atoms with E-state index in [9.17, 15) is 5.11 Å². The van der Waals surface area contributed by atoms with E-state index in [1.54, 1.807) is 0 Å². The highest BCUT2D eigenvalue weighted by molar-refractivity contribution is 5.15. The molecule has 0 heterocycles. The molecule has 1 saturated carbocycles. The van der Waals surface area contributed by atoms with E-state index in [1.807, 2.05) is 7.05 Å². The molecule has 0 amide bonds. The molecule has 1 aromatic rings. The highest BCUT2D eigenvalue weighted by atomic mass is 16.3. The molecule has 0 saturated heterocycles. The van der Waals surface area contributed by atoms with Gasteiger partial charge >= 0.3 is 0 Å². The third-order valence-electron chi connectivity index (χ3n) is 4.63. The lowest BCUT2D eigenvalue weighted by Gasteiger charge is -2.29. The molecule has 2 rings (SSSR count). The summed E-state index contributed by atoms with van der Waals surface area (Å²) in [6, 6.07) is 11.2. The molecule has 2 N–H and O–H groups in total. The fourth-order valence-electron chi connectivity index (χ4n) is 3.06. The van der Waals surface area contributed by atoms with Gasteiger partial charge in [-0.2, -0.15) is 0 Å². The van der Waals surface area contributed by atoms with Crippen LogP contribution in [0.5, 0.6) is 0 Å². The van der Waals surface area contributed by atoms with Crippen molar-refractivity contribution in [1.29, 1.82) is 0 Å². The van der Waals surface area contributed by atoms with Gasteiger partial charge in [-0.05, 0) is 45.3 Å². The van der Waals surface area contributed by atoms with Gasteiger partial charge in [0, 0.05) is 18.1 Å². The average Bonchev–Trinajstić information content (AvgIpc) is 2.91. The summed E-state index contributed by atoms with van der Waals surface area (Å²) in [7, 11) is 4.17. The Hall–Kier alpha value is -0.900. The van der Waals surface area contributed by atoms with Gasteiger partial charge in [0.1, 0.15) is 0 Å². The minimum Gasteiger partial charge on any atom is -0.394 e. The summed E-state index contributed by atoms with van der Waals surface area (Å²) in [4.78, 5) is 2.45. The molecule has 1 aliphatic rings. The predicted molar refractivity (Wildman–Crippen MR) is 79.3 cm³/mol. The van der Waals surface area contributed by atoms with Crippen LogP contribution in [-0.4, -0.2) is 48.8 Å². The summed E-state index contributed by atoms with van der Waals surface area (Å²) >= 11 is 0. The number of rotatable bonds is 6. The van der Waals surface area contributed by atoms with Gasteiger partial charge in [0.25, 0.3) is 0 Å². The van der Waals surface area contributed by atoms with Gasteiger partial charge in [-0.25, -0.2) is 0 Å². The monoisotopic (exact) mass is 262 g/mol. The van der Waals surface area contributed by atoms with Crippen LogP contribution in [0.1, 0.15) is 24.8 Å². The van der Waals surface area contributed by atoms with Crippen molar-refractivity contribution >= 4 is 0 Å². The van der Waals surface area contributed by atoms with Gasteiger partial charge in [0.15, 0.2) is 0 Å². The second-order valence-electron chi connectivity index (χ2n) is 5.80. The summed E-state index contributed by atoms with van der Waals surface area (Å²) in [5.74, 6) is 0. The third-order valence-corrected chi connectivity index (χ3v) is 4.63. The van der Waals surface area contributed by atoms with Crippen LogP contribution < -0.4 is 5.32 Å². The Kier molecular flexibility index (Phi) is 4.97. The fourth-order valence-corrected chi connectivity index (χ4v) is 3.06. The number of likely N-dealkylation sites (N-methyl/N-ethyl adjacent to an activating group) is 2. The molecule has 1 aliphatic carbocycles. The predicted octanol–water partition coefficient (Wildman–Crippen LogP) is 1.66. The Morgan fingerprint density at radius 3 is 2.68 bits per heavy atom. The number of nitrogens with one attached hydrogen (secondary N) is 1. The average molecular weight is 262 g/mol. The molecular weight excluding hydrogens is 236 g/mol. The molecule has 1 aromatic carbocycles. The lowest BCUT2D eigenvalue weighted by molar-refractivity contribution is 0.158. The Bertz CT molecular complexity index is 376. The van der Waals surface area contributed by atoms with Gasteiger partial charge in [0.2, 0.25) is 0 Å². The number of hydrogen-bond acceptors (Lipinski definition) is 3. The van der Waals surface area contributed by atoms with E-state index in [2.05, 4.69) is 47.6 Å². The van der Waals surface area contributed by atoms with Crippen LogP contribution in [-0.2, 0) is 6.42 Å². The molecule has 1 fully saturated rings. The SMILES string of the molecule is CNC1(CO)CCC(N(C)CCc2ccccc2)C1. The van der Waals surface area contributed by atoms with Crippen molar-refractivity contribution in [3.63, 3.8) is 0 Å². The molecular formula is C16H26N2O. The minimum atomic E-state index is -0.0499. The topological polar surface area (TPSA) is 35.5 Å². The van der Waals surface area contributed by atoms with Crippen LogP contribution >= 0.6 is 0 Å². The van der Waals surface area contributed by atoms with Crippen molar-refractivity contribution < 1.29 is 5.11 Å². The smallest absolute Gasteiger partial charge is 0.0613 e. The van der Waals surface area contributed by atoms with Crippen LogP contribution in [0.25, 0.3) is 0 Å². The first kappa shape index (κ1) is 14.5. The van der Waals surface area contributed by atoms with Gasteiger partial charge in [-0.1, -0.05) is 30.3 Å². The van der Waals surface area contributed by atoms with Gasteiger partial charge in [0.05, 0.1) is 6.61 Å². The van der Waals surface area contributed by atoms with E-state index >= 15 is 0 Å². The van der Waals surface area contributed by atoms with Crippen molar-refractivity contribution in [2.45, 2.75) is 37.3 Å². The number of hydrogen-bond donors (Lipinski definition) is 2. The summed E-state index contributed by atoms with van der Waals surface area (Å²) in [5.41, 5.74) is 1.35. The first-order valence-corrected chi connectivity index (χ1v) is 7.23. The summed E-state index contributed by atoms with van der Waals surface area (Å²) in [6.45, 7) is 1.33. The van der Waals surface area contributed by atoms with Gasteiger partial charge in [-0.15, -0.1) is 0 Å². The first-order valence-electron chi connectivity index (χ1n) is 7.23. The van der Waals surface area contributed by atoms with E-state index in [-0.39, 0.29) is 12.1 Å². The Morgan fingerprint density at radius 1 is 1.37 bits per heavy atom. The van der Waals surface area contributed by atoms with Crippen LogP contribution in [0.3, 0.4) is 0 Å². The zero-order valence-electron chi connectivity index (χ0n) is 12.1. The van der Waals surface area contributed by atoms with Crippen molar-refractivity contribution in [2.24, 2.45) is 0 Å². The summed E-state index contributed by atoms with van der Waals surface area (Å²) in [5, 5.41) is 12.9. The first-order chi connectivity index (χ1) is 9.19. The molecule has 2 atom stereocenters. The zero-order chi connectivity index (χ0) is 13.7. The molecule has 3 heteroatoms. The van der Waals surface area contributed by atoms with Crippen LogP contribution in [0.2, 0.25) is 0 Å². The normalized spacial score (nSPS) is 27.1. The fraction of sp³-hybridized carbons (Fsp3) is 0.625. The molecule has 2 unspecified atom stereocenters. The Labute approximate surface area is 116 Å². The largest absolute Gasteiger partial charge is 0.394 e. The van der Waals surface area contributed by atoms with E-state index < -0.39 is 0 Å². The molecule has 19 heavy (non-hydrogen) atoms. The van der Waals surface area contributed by atoms with Crippen LogP contribution in [0, 0.1) is 0 Å². The molecule has 3 nitrogen and oxygen atoms in total. The number of aliphatic hydroxyl groups is 1. The van der Waals surface area contributed by atoms with Crippen LogP contribution in [0.4, 0.5) is 0 Å². The maximum atomic E-state index is 9.54. The quantitative estimate of drug-likeness (QED) is 0.818. The highest BCUT2D eigenvalue weighted by Gasteiger charge is 2.38. The minimum absolute atomic E-state index is 0.0499. The summed E-state index contributed by atoms with van der Waals surface area (Å²) in [6.07, 6.45) is 4.39. The molecule has 0 bridgehead atoms. The lowest BCUT2D eigenvalue weighted by Crippen LogP contribution is -2.45. The molecule has 0 spiro atoms. The molecule has 106 valence electrons. The zero-order valence-corrected chi connectivity index (χ0v) is 12.1. The number of nitrogens with zero attached hydrogens (tertiary/aromatic N) is 1. The second kappa shape index (κ2) is 6.51. The maximum Gasteiger partial charge on any atom is 0.0613 e. The Morgan fingerprint density at radius 2 is 2.11 bits per heavy atom. The second-order valence-corrected chi connectivity index (χ2v) is 5.80. The van der Waals surface area contributed by atoms with E-state index in [0.717, 1.165) is 25.8 Å².